The summed E-state index contributed by atoms with van der Waals surface area (Å²) in [6.07, 6.45) is 2.58. The summed E-state index contributed by atoms with van der Waals surface area (Å²) in [7, 11) is 0.791. The molecule has 0 spiro atoms. The van der Waals surface area contributed by atoms with Crippen molar-refractivity contribution >= 4 is 35.2 Å². The summed E-state index contributed by atoms with van der Waals surface area (Å²) < 4.78 is 12.8. The first-order valence-electron chi connectivity index (χ1n) is 8.33. The number of benzene rings is 2. The molecule has 1 aromatic heterocycles. The number of fused-ring (bicyclic) bond motifs is 2. The number of hydrogen-bond donors (Lipinski definition) is 1. The van der Waals surface area contributed by atoms with E-state index in [1.807, 2.05) is 36.4 Å². The van der Waals surface area contributed by atoms with Gasteiger partial charge in [0.1, 0.15) is 5.75 Å². The Kier molecular flexibility index (Phi) is 4.64. The van der Waals surface area contributed by atoms with Crippen LogP contribution in [0.4, 0.5) is 0 Å². The lowest BCUT2D eigenvalue weighted by Gasteiger charge is -2.08. The van der Waals surface area contributed by atoms with Gasteiger partial charge in [0.15, 0.2) is 0 Å². The zero-order valence-electron chi connectivity index (χ0n) is 14.3. The van der Waals surface area contributed by atoms with Crippen LogP contribution in [0.2, 0.25) is 0 Å². The molecule has 0 radical (unpaired) electrons. The Hall–Kier alpha value is -2.40. The third-order valence-corrected chi connectivity index (χ3v) is 5.56. The van der Waals surface area contributed by atoms with Crippen molar-refractivity contribution in [2.45, 2.75) is 17.9 Å². The molecule has 2 heterocycles. The number of rotatable bonds is 5. The van der Waals surface area contributed by atoms with Crippen LogP contribution in [0.15, 0.2) is 47.5 Å². The van der Waals surface area contributed by atoms with Crippen LogP contribution in [-0.4, -0.2) is 29.6 Å². The number of methoxy groups -OCH3 is 1. The summed E-state index contributed by atoms with van der Waals surface area (Å²) in [5.41, 5.74) is 3.86. The van der Waals surface area contributed by atoms with Gasteiger partial charge in [-0.2, -0.15) is 5.26 Å². The van der Waals surface area contributed by atoms with Gasteiger partial charge >= 0.3 is 7.12 Å². The normalized spacial score (nSPS) is 13.0. The molecule has 3 aromatic rings. The topological polar surface area (TPSA) is 67.4 Å². The van der Waals surface area contributed by atoms with Gasteiger partial charge in [-0.25, -0.2) is 0 Å². The molecule has 26 heavy (non-hydrogen) atoms. The molecule has 0 saturated heterocycles. The Bertz CT molecular complexity index is 1010. The van der Waals surface area contributed by atoms with Crippen LogP contribution in [0.3, 0.4) is 0 Å². The number of thioether (sulfide) groups is 1. The van der Waals surface area contributed by atoms with E-state index in [9.17, 15) is 5.02 Å². The minimum Gasteiger partial charge on any atom is -0.497 e. The smallest absolute Gasteiger partial charge is 0.491 e. The van der Waals surface area contributed by atoms with Gasteiger partial charge in [0.2, 0.25) is 0 Å². The monoisotopic (exact) mass is 364 g/mol. The summed E-state index contributed by atoms with van der Waals surface area (Å²) in [4.78, 5) is 1.10. The van der Waals surface area contributed by atoms with Gasteiger partial charge in [0.05, 0.1) is 25.3 Å². The lowest BCUT2D eigenvalue weighted by Crippen LogP contribution is -2.28. The quantitative estimate of drug-likeness (QED) is 0.428. The van der Waals surface area contributed by atoms with E-state index in [-0.39, 0.29) is 0 Å². The Morgan fingerprint density at radius 3 is 3.04 bits per heavy atom. The molecule has 0 saturated carbocycles. The molecule has 0 atom stereocenters. The van der Waals surface area contributed by atoms with Gasteiger partial charge in [0, 0.05) is 34.3 Å². The largest absolute Gasteiger partial charge is 0.497 e. The third kappa shape index (κ3) is 2.97. The zero-order valence-corrected chi connectivity index (χ0v) is 15.1. The molecular weight excluding hydrogens is 347 g/mol. The molecule has 7 heteroatoms. The lowest BCUT2D eigenvalue weighted by molar-refractivity contribution is 0.275. The van der Waals surface area contributed by atoms with Crippen molar-refractivity contribution < 1.29 is 14.4 Å². The van der Waals surface area contributed by atoms with Crippen LogP contribution in [0.5, 0.6) is 5.75 Å². The van der Waals surface area contributed by atoms with E-state index in [1.54, 1.807) is 18.9 Å². The number of nitrogens with zero attached hydrogens (tertiary/aromatic N) is 2. The average Bonchev–Trinajstić information content (AvgIpc) is 3.22. The van der Waals surface area contributed by atoms with Crippen LogP contribution < -0.4 is 10.2 Å². The molecule has 2 aromatic carbocycles. The van der Waals surface area contributed by atoms with Crippen LogP contribution in [0, 0.1) is 11.3 Å². The van der Waals surface area contributed by atoms with E-state index >= 15 is 0 Å². The zero-order chi connectivity index (χ0) is 18.1. The predicted octanol–water partition coefficient (Wildman–Crippen LogP) is 2.86. The summed E-state index contributed by atoms with van der Waals surface area (Å²) >= 11 is 1.66. The summed E-state index contributed by atoms with van der Waals surface area (Å²) in [5, 5.41) is 19.9. The highest BCUT2D eigenvalue weighted by molar-refractivity contribution is 7.99. The minimum absolute atomic E-state index is 0.440. The number of nitriles is 1. The maximum absolute atomic E-state index is 10.0. The second kappa shape index (κ2) is 7.08. The Labute approximate surface area is 156 Å². The maximum atomic E-state index is 10.0. The van der Waals surface area contributed by atoms with Crippen molar-refractivity contribution in [3.05, 3.63) is 48.2 Å². The van der Waals surface area contributed by atoms with Gasteiger partial charge in [-0.05, 0) is 41.4 Å². The van der Waals surface area contributed by atoms with Crippen molar-refractivity contribution in [1.82, 2.24) is 4.57 Å². The first kappa shape index (κ1) is 17.0. The van der Waals surface area contributed by atoms with Crippen molar-refractivity contribution in [2.24, 2.45) is 0 Å². The van der Waals surface area contributed by atoms with E-state index in [4.69, 9.17) is 14.7 Å². The highest BCUT2D eigenvalue weighted by atomic mass is 32.2. The standard InChI is InChI=1S/C19H17BN2O3S/c1-24-15-5-6-18-16(10-15)19(26-8-2-7-21)11-22(18)14-4-3-13-12-25-20(23)17(13)9-14/h3-6,9-11,23H,2,8,12H2,1H3. The second-order valence-electron chi connectivity index (χ2n) is 6.05. The molecule has 1 aliphatic heterocycles. The molecule has 0 aliphatic carbocycles. The molecule has 1 aliphatic rings. The van der Waals surface area contributed by atoms with Crippen molar-refractivity contribution in [3.8, 4) is 17.5 Å². The van der Waals surface area contributed by atoms with Crippen LogP contribution in [0.25, 0.3) is 16.6 Å². The molecule has 5 nitrogen and oxygen atoms in total. The first-order valence-corrected chi connectivity index (χ1v) is 9.31. The first-order chi connectivity index (χ1) is 12.7. The SMILES string of the molecule is COc1ccc2c(c1)c(SCCC#N)cn2-c1ccc2c(c1)B(O)OC2. The van der Waals surface area contributed by atoms with Crippen molar-refractivity contribution in [2.75, 3.05) is 12.9 Å². The van der Waals surface area contributed by atoms with E-state index in [2.05, 4.69) is 16.8 Å². The van der Waals surface area contributed by atoms with Gasteiger partial charge in [0.25, 0.3) is 0 Å². The minimum atomic E-state index is -0.864. The van der Waals surface area contributed by atoms with E-state index in [0.717, 1.165) is 44.0 Å². The summed E-state index contributed by atoms with van der Waals surface area (Å²) in [5.74, 6) is 1.54. The van der Waals surface area contributed by atoms with Crippen LogP contribution in [-0.2, 0) is 11.3 Å². The molecular formula is C19H17BN2O3S. The van der Waals surface area contributed by atoms with Crippen molar-refractivity contribution in [1.29, 1.82) is 5.26 Å². The molecule has 4 rings (SSSR count). The maximum Gasteiger partial charge on any atom is 0.491 e. The molecule has 0 bridgehead atoms. The van der Waals surface area contributed by atoms with Crippen LogP contribution >= 0.6 is 11.8 Å². The van der Waals surface area contributed by atoms with Gasteiger partial charge in [-0.15, -0.1) is 11.8 Å². The lowest BCUT2D eigenvalue weighted by atomic mass is 9.79. The Balaban J connectivity index is 1.82. The fourth-order valence-corrected chi connectivity index (χ4v) is 4.11. The van der Waals surface area contributed by atoms with Crippen LogP contribution in [0.1, 0.15) is 12.0 Å². The number of ether oxygens (including phenoxy) is 1. The summed E-state index contributed by atoms with van der Waals surface area (Å²) in [6, 6.07) is 14.2. The Morgan fingerprint density at radius 2 is 2.23 bits per heavy atom. The number of hydrogen-bond acceptors (Lipinski definition) is 5. The Morgan fingerprint density at radius 1 is 1.35 bits per heavy atom. The molecule has 130 valence electrons. The second-order valence-corrected chi connectivity index (χ2v) is 7.19. The van der Waals surface area contributed by atoms with Crippen molar-refractivity contribution in [3.63, 3.8) is 0 Å². The van der Waals surface area contributed by atoms with E-state index < -0.39 is 7.12 Å². The average molecular weight is 364 g/mol. The fraction of sp³-hybridized carbons (Fsp3) is 0.211. The van der Waals surface area contributed by atoms with Gasteiger partial charge in [-0.3, -0.25) is 0 Å². The molecule has 0 fully saturated rings. The van der Waals surface area contributed by atoms with E-state index in [0.29, 0.717) is 13.0 Å². The fourth-order valence-electron chi connectivity index (χ4n) is 3.19. The van der Waals surface area contributed by atoms with Gasteiger partial charge in [-0.1, -0.05) is 6.07 Å². The molecule has 0 unspecified atom stereocenters. The molecule has 1 N–H and O–H groups in total. The summed E-state index contributed by atoms with van der Waals surface area (Å²) in [6.45, 7) is 0.440. The van der Waals surface area contributed by atoms with Gasteiger partial charge < -0.3 is 19.0 Å². The highest BCUT2D eigenvalue weighted by Crippen LogP contribution is 2.34. The third-order valence-electron chi connectivity index (χ3n) is 4.52. The highest BCUT2D eigenvalue weighted by Gasteiger charge is 2.27. The predicted molar refractivity (Wildman–Crippen MR) is 103 cm³/mol. The van der Waals surface area contributed by atoms with E-state index in [1.165, 1.54) is 0 Å². The molecule has 0 amide bonds. The number of aromatic nitrogens is 1.